The number of aromatic nitrogens is 3. The summed E-state index contributed by atoms with van der Waals surface area (Å²) < 4.78 is 42.0. The molecule has 1 atom stereocenters. The summed E-state index contributed by atoms with van der Waals surface area (Å²) in [7, 11) is 0. The van der Waals surface area contributed by atoms with E-state index >= 15 is 0 Å². The first-order valence-corrected chi connectivity index (χ1v) is 7.01. The topological polar surface area (TPSA) is 72.1 Å². The molecule has 3 heterocycles. The zero-order valence-corrected chi connectivity index (χ0v) is 12.0. The molecule has 1 unspecified atom stereocenters. The molecule has 1 fully saturated rings. The first-order valence-electron chi connectivity index (χ1n) is 7.01. The Hall–Kier alpha value is -2.45. The SMILES string of the molecule is O=C(CC(F)(F)F)N1CCC(c2noc(-c3cccnc3)n2)C1. The molecule has 0 bridgehead atoms. The van der Waals surface area contributed by atoms with Crippen LogP contribution in [0.3, 0.4) is 0 Å². The Kier molecular flexibility index (Phi) is 4.01. The van der Waals surface area contributed by atoms with Crippen molar-refractivity contribution in [2.24, 2.45) is 0 Å². The number of pyridine rings is 1. The van der Waals surface area contributed by atoms with Crippen LogP contribution in [0.2, 0.25) is 0 Å². The van der Waals surface area contributed by atoms with Gasteiger partial charge in [-0.05, 0) is 18.6 Å². The Labute approximate surface area is 129 Å². The quantitative estimate of drug-likeness (QED) is 0.866. The third-order valence-corrected chi connectivity index (χ3v) is 3.61. The summed E-state index contributed by atoms with van der Waals surface area (Å²) in [5, 5.41) is 3.87. The highest BCUT2D eigenvalue weighted by Gasteiger charge is 2.37. The van der Waals surface area contributed by atoms with Crippen molar-refractivity contribution in [3.63, 3.8) is 0 Å². The fraction of sp³-hybridized carbons (Fsp3) is 0.429. The van der Waals surface area contributed by atoms with Crippen LogP contribution in [0.25, 0.3) is 11.5 Å². The lowest BCUT2D eigenvalue weighted by molar-refractivity contribution is -0.160. The second kappa shape index (κ2) is 5.98. The average molecular weight is 326 g/mol. The predicted octanol–water partition coefficient (Wildman–Crippen LogP) is 2.40. The van der Waals surface area contributed by atoms with E-state index in [-0.39, 0.29) is 19.0 Å². The second-order valence-corrected chi connectivity index (χ2v) is 5.32. The van der Waals surface area contributed by atoms with Gasteiger partial charge in [0.25, 0.3) is 5.89 Å². The van der Waals surface area contributed by atoms with E-state index in [1.807, 2.05) is 0 Å². The van der Waals surface area contributed by atoms with E-state index in [0.717, 1.165) is 0 Å². The van der Waals surface area contributed by atoms with E-state index in [9.17, 15) is 18.0 Å². The molecule has 0 aliphatic carbocycles. The first kappa shape index (κ1) is 15.4. The number of alkyl halides is 3. The van der Waals surface area contributed by atoms with Crippen molar-refractivity contribution >= 4 is 5.91 Å². The summed E-state index contributed by atoms with van der Waals surface area (Å²) in [4.78, 5) is 21.0. The monoisotopic (exact) mass is 326 g/mol. The van der Waals surface area contributed by atoms with Gasteiger partial charge in [-0.15, -0.1) is 0 Å². The fourth-order valence-electron chi connectivity index (χ4n) is 2.49. The van der Waals surface area contributed by atoms with E-state index in [1.54, 1.807) is 24.5 Å². The fourth-order valence-corrected chi connectivity index (χ4v) is 2.49. The molecule has 0 saturated carbocycles. The minimum atomic E-state index is -4.49. The lowest BCUT2D eigenvalue weighted by Gasteiger charge is -2.16. The van der Waals surface area contributed by atoms with Gasteiger partial charge in [-0.1, -0.05) is 5.16 Å². The predicted molar refractivity (Wildman–Crippen MR) is 72.1 cm³/mol. The van der Waals surface area contributed by atoms with E-state index < -0.39 is 18.5 Å². The molecule has 23 heavy (non-hydrogen) atoms. The summed E-state index contributed by atoms with van der Waals surface area (Å²) in [5.74, 6) is -0.448. The van der Waals surface area contributed by atoms with Crippen molar-refractivity contribution in [1.29, 1.82) is 0 Å². The number of hydrogen-bond acceptors (Lipinski definition) is 5. The summed E-state index contributed by atoms with van der Waals surface area (Å²) >= 11 is 0. The van der Waals surface area contributed by atoms with E-state index in [1.165, 1.54) is 4.90 Å². The van der Waals surface area contributed by atoms with Crippen molar-refractivity contribution in [1.82, 2.24) is 20.0 Å². The summed E-state index contributed by atoms with van der Waals surface area (Å²) in [6.07, 6.45) is -2.23. The summed E-state index contributed by atoms with van der Waals surface area (Å²) in [6, 6.07) is 3.49. The maximum absolute atomic E-state index is 12.3. The van der Waals surface area contributed by atoms with Gasteiger partial charge in [-0.25, -0.2) is 0 Å². The summed E-state index contributed by atoms with van der Waals surface area (Å²) in [6.45, 7) is 0.428. The van der Waals surface area contributed by atoms with Crippen LogP contribution >= 0.6 is 0 Å². The molecule has 0 aromatic carbocycles. The number of nitrogens with zero attached hydrogens (tertiary/aromatic N) is 4. The van der Waals surface area contributed by atoms with Gasteiger partial charge in [0.1, 0.15) is 6.42 Å². The zero-order valence-electron chi connectivity index (χ0n) is 12.0. The highest BCUT2D eigenvalue weighted by molar-refractivity contribution is 5.77. The van der Waals surface area contributed by atoms with Crippen LogP contribution in [0.1, 0.15) is 24.6 Å². The Morgan fingerprint density at radius 3 is 2.96 bits per heavy atom. The number of hydrogen-bond donors (Lipinski definition) is 0. The molecule has 1 aliphatic rings. The molecule has 2 aromatic rings. The maximum Gasteiger partial charge on any atom is 0.397 e. The Morgan fingerprint density at radius 1 is 1.43 bits per heavy atom. The molecular formula is C14H13F3N4O2. The van der Waals surface area contributed by atoms with E-state index in [2.05, 4.69) is 15.1 Å². The second-order valence-electron chi connectivity index (χ2n) is 5.32. The van der Waals surface area contributed by atoms with Gasteiger partial charge >= 0.3 is 6.18 Å². The molecule has 3 rings (SSSR count). The lowest BCUT2D eigenvalue weighted by atomic mass is 10.1. The molecule has 122 valence electrons. The van der Waals surface area contributed by atoms with Gasteiger partial charge in [-0.3, -0.25) is 9.78 Å². The number of amides is 1. The number of likely N-dealkylation sites (tertiary alicyclic amines) is 1. The number of rotatable bonds is 3. The minimum absolute atomic E-state index is 0.168. The van der Waals surface area contributed by atoms with Gasteiger partial charge in [0.15, 0.2) is 5.82 Å². The molecule has 6 nitrogen and oxygen atoms in total. The third-order valence-electron chi connectivity index (χ3n) is 3.61. The Balaban J connectivity index is 1.66. The average Bonchev–Trinajstić information content (AvgIpc) is 3.16. The van der Waals surface area contributed by atoms with Gasteiger partial charge in [0, 0.05) is 31.4 Å². The third kappa shape index (κ3) is 3.66. The van der Waals surface area contributed by atoms with Gasteiger partial charge in [-0.2, -0.15) is 18.2 Å². The normalized spacial score (nSPS) is 18.4. The standard InChI is InChI=1S/C14H13F3N4O2/c15-14(16,17)6-11(22)21-5-3-10(8-21)12-19-13(23-20-12)9-2-1-4-18-7-9/h1-2,4,7,10H,3,5-6,8H2. The van der Waals surface area contributed by atoms with Crippen LogP contribution in [-0.2, 0) is 4.79 Å². The molecule has 0 spiro atoms. The van der Waals surface area contributed by atoms with Crippen LogP contribution in [0, 0.1) is 0 Å². The van der Waals surface area contributed by atoms with E-state index in [4.69, 9.17) is 4.52 Å². The van der Waals surface area contributed by atoms with Crippen LogP contribution < -0.4 is 0 Å². The highest BCUT2D eigenvalue weighted by atomic mass is 19.4. The van der Waals surface area contributed by atoms with Crippen LogP contribution in [-0.4, -0.2) is 45.2 Å². The molecule has 9 heteroatoms. The van der Waals surface area contributed by atoms with E-state index in [0.29, 0.717) is 23.7 Å². The lowest BCUT2D eigenvalue weighted by Crippen LogP contribution is -2.32. The summed E-state index contributed by atoms with van der Waals surface area (Å²) in [5.41, 5.74) is 0.661. The minimum Gasteiger partial charge on any atom is -0.342 e. The Morgan fingerprint density at radius 2 is 2.26 bits per heavy atom. The van der Waals surface area contributed by atoms with Crippen LogP contribution in [0.4, 0.5) is 13.2 Å². The zero-order chi connectivity index (χ0) is 16.4. The Bertz CT molecular complexity index is 687. The number of halogens is 3. The highest BCUT2D eigenvalue weighted by Crippen LogP contribution is 2.29. The van der Waals surface area contributed by atoms with Crippen molar-refractivity contribution in [2.75, 3.05) is 13.1 Å². The molecule has 1 amide bonds. The van der Waals surface area contributed by atoms with Gasteiger partial charge < -0.3 is 9.42 Å². The van der Waals surface area contributed by atoms with Crippen molar-refractivity contribution in [3.05, 3.63) is 30.4 Å². The van der Waals surface area contributed by atoms with Crippen LogP contribution in [0.15, 0.2) is 29.0 Å². The molecule has 1 saturated heterocycles. The van der Waals surface area contributed by atoms with Crippen molar-refractivity contribution in [2.45, 2.75) is 24.9 Å². The smallest absolute Gasteiger partial charge is 0.342 e. The molecule has 2 aromatic heterocycles. The van der Waals surface area contributed by atoms with Crippen LogP contribution in [0.5, 0.6) is 0 Å². The molecular weight excluding hydrogens is 313 g/mol. The molecule has 0 N–H and O–H groups in total. The van der Waals surface area contributed by atoms with Crippen molar-refractivity contribution < 1.29 is 22.5 Å². The number of carbonyl (C=O) groups is 1. The van der Waals surface area contributed by atoms with Gasteiger partial charge in [0.05, 0.1) is 5.56 Å². The molecule has 1 aliphatic heterocycles. The maximum atomic E-state index is 12.3. The molecule has 0 radical (unpaired) electrons. The number of carbonyl (C=O) groups excluding carboxylic acids is 1. The van der Waals surface area contributed by atoms with Gasteiger partial charge in [0.2, 0.25) is 5.91 Å². The first-order chi connectivity index (χ1) is 10.9. The largest absolute Gasteiger partial charge is 0.397 e. The van der Waals surface area contributed by atoms with Crippen molar-refractivity contribution in [3.8, 4) is 11.5 Å².